The molecule has 1 heteroatoms. The van der Waals surface area contributed by atoms with Crippen LogP contribution < -0.4 is 0 Å². The van der Waals surface area contributed by atoms with Crippen molar-refractivity contribution in [3.05, 3.63) is 138 Å². The molecule has 172 valence electrons. The highest BCUT2D eigenvalue weighted by molar-refractivity contribution is 7.25. The van der Waals surface area contributed by atoms with Gasteiger partial charge in [0.2, 0.25) is 0 Å². The van der Waals surface area contributed by atoms with E-state index in [0.717, 1.165) is 19.3 Å². The molecule has 2 unspecified atom stereocenters. The van der Waals surface area contributed by atoms with Crippen molar-refractivity contribution in [1.29, 1.82) is 0 Å². The summed E-state index contributed by atoms with van der Waals surface area (Å²) in [6, 6.07) is 24.8. The first kappa shape index (κ1) is 22.1. The Bertz CT molecular complexity index is 1540. The van der Waals surface area contributed by atoms with Gasteiger partial charge in [0.15, 0.2) is 0 Å². The second-order valence-electron chi connectivity index (χ2n) is 9.89. The van der Waals surface area contributed by atoms with Crippen molar-refractivity contribution in [3.63, 3.8) is 0 Å². The van der Waals surface area contributed by atoms with E-state index in [0.29, 0.717) is 5.92 Å². The summed E-state index contributed by atoms with van der Waals surface area (Å²) >= 11 is 1.91. The quantitative estimate of drug-likeness (QED) is 0.278. The second-order valence-corrected chi connectivity index (χ2v) is 11.0. The van der Waals surface area contributed by atoms with Crippen LogP contribution in [-0.2, 0) is 0 Å². The van der Waals surface area contributed by atoms with Crippen LogP contribution in [0.15, 0.2) is 121 Å². The van der Waals surface area contributed by atoms with Crippen molar-refractivity contribution >= 4 is 37.1 Å². The lowest BCUT2D eigenvalue weighted by molar-refractivity contribution is 0.732. The Morgan fingerprint density at radius 3 is 2.60 bits per heavy atom. The van der Waals surface area contributed by atoms with Gasteiger partial charge in [0, 0.05) is 26.1 Å². The predicted octanol–water partition coefficient (Wildman–Crippen LogP) is 10.00. The van der Waals surface area contributed by atoms with Crippen molar-refractivity contribution in [3.8, 4) is 0 Å². The highest BCUT2D eigenvalue weighted by atomic mass is 32.1. The summed E-state index contributed by atoms with van der Waals surface area (Å²) < 4.78 is 2.71. The van der Waals surface area contributed by atoms with Crippen LogP contribution in [0.5, 0.6) is 0 Å². The fraction of sp³-hybridized carbons (Fsp3) is 0.176. The van der Waals surface area contributed by atoms with Crippen LogP contribution in [0, 0.1) is 5.92 Å². The lowest BCUT2D eigenvalue weighted by Gasteiger charge is -2.24. The molecule has 0 saturated carbocycles. The Labute approximate surface area is 212 Å². The predicted molar refractivity (Wildman–Crippen MR) is 154 cm³/mol. The van der Waals surface area contributed by atoms with E-state index in [4.69, 9.17) is 0 Å². The Morgan fingerprint density at radius 2 is 1.77 bits per heavy atom. The normalized spacial score (nSPS) is 19.0. The Hall–Kier alpha value is -3.42. The van der Waals surface area contributed by atoms with Crippen LogP contribution in [0.25, 0.3) is 25.7 Å². The van der Waals surface area contributed by atoms with Crippen molar-refractivity contribution in [2.24, 2.45) is 5.92 Å². The summed E-state index contributed by atoms with van der Waals surface area (Å²) in [5.41, 5.74) is 8.05. The topological polar surface area (TPSA) is 0 Å². The number of fused-ring (bicyclic) bond motifs is 3. The zero-order chi connectivity index (χ0) is 23.8. The van der Waals surface area contributed by atoms with Gasteiger partial charge in [0.25, 0.3) is 0 Å². The molecule has 0 spiro atoms. The number of rotatable bonds is 4. The second kappa shape index (κ2) is 9.32. The van der Waals surface area contributed by atoms with E-state index < -0.39 is 0 Å². The molecule has 0 fully saturated rings. The van der Waals surface area contributed by atoms with Crippen LogP contribution in [-0.4, -0.2) is 0 Å². The van der Waals surface area contributed by atoms with Gasteiger partial charge in [-0.15, -0.1) is 11.3 Å². The molecule has 3 aromatic carbocycles. The first-order valence-electron chi connectivity index (χ1n) is 12.6. The number of benzene rings is 3. The first-order valence-corrected chi connectivity index (χ1v) is 13.4. The summed E-state index contributed by atoms with van der Waals surface area (Å²) in [7, 11) is 0. The van der Waals surface area contributed by atoms with Gasteiger partial charge in [-0.25, -0.2) is 0 Å². The third kappa shape index (κ3) is 4.26. The molecule has 0 N–H and O–H groups in total. The maximum absolute atomic E-state index is 4.38. The van der Waals surface area contributed by atoms with Crippen molar-refractivity contribution in [2.45, 2.75) is 32.1 Å². The standard InChI is InChI=1S/C34H30S/c1-23-17-18-27(20-24(2)19-23)30-21-28(22-32-34(30)29-15-9-10-16-31(29)35-32)33(25-11-5-3-6-12-25)26-13-7-4-8-14-26/h3-7,9-13,15-18,20-23,33H,2,8,14,19H2,1H3. The van der Waals surface area contributed by atoms with E-state index in [9.17, 15) is 0 Å². The largest absolute Gasteiger partial charge is 0.135 e. The SMILES string of the molecule is C=C1C=C(c2cc(C(C3=CC=CCC3)c3ccccc3)cc3sc4ccccc4c23)C=CC(C)C1. The average molecular weight is 471 g/mol. The molecule has 0 bridgehead atoms. The van der Waals surface area contributed by atoms with Crippen LogP contribution in [0.1, 0.15) is 48.8 Å². The number of hydrogen-bond donors (Lipinski definition) is 0. The molecule has 0 radical (unpaired) electrons. The maximum atomic E-state index is 4.38. The fourth-order valence-corrected chi connectivity index (χ4v) is 6.82. The third-order valence-electron chi connectivity index (χ3n) is 7.24. The van der Waals surface area contributed by atoms with E-state index >= 15 is 0 Å². The molecular weight excluding hydrogens is 440 g/mol. The van der Waals surface area contributed by atoms with E-state index in [1.54, 1.807) is 0 Å². The number of hydrogen-bond acceptors (Lipinski definition) is 1. The third-order valence-corrected chi connectivity index (χ3v) is 8.36. The molecule has 1 heterocycles. The van der Waals surface area contributed by atoms with Gasteiger partial charge in [0.1, 0.15) is 0 Å². The molecule has 2 aliphatic carbocycles. The monoisotopic (exact) mass is 470 g/mol. The summed E-state index contributed by atoms with van der Waals surface area (Å²) in [4.78, 5) is 0. The molecule has 0 saturated heterocycles. The lowest BCUT2D eigenvalue weighted by atomic mass is 9.80. The van der Waals surface area contributed by atoms with Gasteiger partial charge >= 0.3 is 0 Å². The van der Waals surface area contributed by atoms with E-state index in [-0.39, 0.29) is 5.92 Å². The Balaban J connectivity index is 1.64. The molecule has 1 aromatic heterocycles. The van der Waals surface area contributed by atoms with Crippen LogP contribution in [0.2, 0.25) is 0 Å². The summed E-state index contributed by atoms with van der Waals surface area (Å²) in [5, 5.41) is 2.72. The summed E-state index contributed by atoms with van der Waals surface area (Å²) in [6.07, 6.45) is 17.1. The van der Waals surface area contributed by atoms with Gasteiger partial charge in [0.05, 0.1) is 0 Å². The average Bonchev–Trinajstić information content (AvgIpc) is 3.16. The summed E-state index contributed by atoms with van der Waals surface area (Å²) in [6.45, 7) is 6.66. The molecule has 2 aliphatic rings. The minimum absolute atomic E-state index is 0.256. The van der Waals surface area contributed by atoms with Crippen molar-refractivity contribution < 1.29 is 0 Å². The van der Waals surface area contributed by atoms with Crippen molar-refractivity contribution in [1.82, 2.24) is 0 Å². The maximum Gasteiger partial charge on any atom is 0.0364 e. The Morgan fingerprint density at radius 1 is 0.943 bits per heavy atom. The van der Waals surface area contributed by atoms with Gasteiger partial charge in [-0.1, -0.05) is 110 Å². The fourth-order valence-electron chi connectivity index (χ4n) is 5.64. The van der Waals surface area contributed by atoms with Gasteiger partial charge < -0.3 is 0 Å². The Kier molecular flexibility index (Phi) is 5.88. The van der Waals surface area contributed by atoms with Gasteiger partial charge in [-0.2, -0.15) is 0 Å². The van der Waals surface area contributed by atoms with Crippen LogP contribution in [0.3, 0.4) is 0 Å². The van der Waals surface area contributed by atoms with Crippen LogP contribution >= 0.6 is 11.3 Å². The smallest absolute Gasteiger partial charge is 0.0364 e. The number of allylic oxidation sites excluding steroid dienone is 9. The summed E-state index contributed by atoms with van der Waals surface area (Å²) in [5.74, 6) is 0.761. The molecule has 0 amide bonds. The van der Waals surface area contributed by atoms with Gasteiger partial charge in [-0.05, 0) is 65.6 Å². The van der Waals surface area contributed by atoms with E-state index in [1.807, 2.05) is 11.3 Å². The van der Waals surface area contributed by atoms with Gasteiger partial charge in [-0.3, -0.25) is 0 Å². The van der Waals surface area contributed by atoms with Crippen molar-refractivity contribution in [2.75, 3.05) is 0 Å². The minimum atomic E-state index is 0.256. The van der Waals surface area contributed by atoms with E-state index in [1.165, 1.54) is 53.6 Å². The molecule has 4 aromatic rings. The highest BCUT2D eigenvalue weighted by Crippen LogP contribution is 2.44. The molecule has 0 aliphatic heterocycles. The highest BCUT2D eigenvalue weighted by Gasteiger charge is 2.23. The lowest BCUT2D eigenvalue weighted by Crippen LogP contribution is -2.07. The first-order chi connectivity index (χ1) is 17.2. The molecule has 2 atom stereocenters. The zero-order valence-electron chi connectivity index (χ0n) is 20.2. The van der Waals surface area contributed by atoms with Crippen LogP contribution in [0.4, 0.5) is 0 Å². The molecular formula is C34H30S. The molecule has 0 nitrogen and oxygen atoms in total. The number of thiophene rings is 1. The minimum Gasteiger partial charge on any atom is -0.135 e. The zero-order valence-corrected chi connectivity index (χ0v) is 21.0. The molecule has 6 rings (SSSR count). The van der Waals surface area contributed by atoms with E-state index in [2.05, 4.69) is 117 Å². The molecule has 35 heavy (non-hydrogen) atoms.